The zero-order chi connectivity index (χ0) is 13.1. The molecule has 0 fully saturated rings. The molecule has 0 heterocycles. The molecule has 5 heteroatoms. The van der Waals surface area contributed by atoms with Gasteiger partial charge in [-0.2, -0.15) is 0 Å². The number of carbonyl (C=O) groups excluding carboxylic acids is 1. The van der Waals surface area contributed by atoms with Gasteiger partial charge in [0.15, 0.2) is 0 Å². The number of nitrogens with one attached hydrogen (secondary N) is 1. The minimum Gasteiger partial charge on any atom is -0.378 e. The Morgan fingerprint density at radius 1 is 1.53 bits per heavy atom. The maximum atomic E-state index is 11.7. The van der Waals surface area contributed by atoms with Gasteiger partial charge in [-0.05, 0) is 48.0 Å². The van der Waals surface area contributed by atoms with Crippen LogP contribution in [0.4, 0.5) is 5.69 Å². The Balaban J connectivity index is 2.65. The van der Waals surface area contributed by atoms with Crippen LogP contribution in [0.2, 0.25) is 5.02 Å². The normalized spacial score (nSPS) is 11.4. The number of hydrogen-bond acceptors (Lipinski definition) is 2. The van der Waals surface area contributed by atoms with Crippen LogP contribution in [-0.4, -0.2) is 18.6 Å². The van der Waals surface area contributed by atoms with E-state index in [-0.39, 0.29) is 5.91 Å². The average molecular weight is 321 g/mol. The highest BCUT2D eigenvalue weighted by Crippen LogP contribution is 2.26. The van der Waals surface area contributed by atoms with Crippen LogP contribution < -0.4 is 5.32 Å². The van der Waals surface area contributed by atoms with Gasteiger partial charge in [0.05, 0.1) is 17.0 Å². The van der Waals surface area contributed by atoms with Crippen molar-refractivity contribution < 1.29 is 9.53 Å². The summed E-state index contributed by atoms with van der Waals surface area (Å²) in [6, 6.07) is 5.24. The predicted octanol–water partition coefficient (Wildman–Crippen LogP) is 3.86. The second-order valence-electron chi connectivity index (χ2n) is 4.32. The summed E-state index contributed by atoms with van der Waals surface area (Å²) < 4.78 is 5.95. The molecule has 0 spiro atoms. The van der Waals surface area contributed by atoms with E-state index in [2.05, 4.69) is 21.2 Å². The third-order valence-electron chi connectivity index (χ3n) is 2.34. The Morgan fingerprint density at radius 2 is 2.18 bits per heavy atom. The molecule has 1 amide bonds. The van der Waals surface area contributed by atoms with Crippen molar-refractivity contribution in [3.05, 3.63) is 27.7 Å². The third kappa shape index (κ3) is 4.66. The number of rotatable bonds is 4. The second kappa shape index (κ2) is 5.85. The molecule has 1 N–H and O–H groups in total. The van der Waals surface area contributed by atoms with Crippen molar-refractivity contribution in [1.29, 1.82) is 0 Å². The van der Waals surface area contributed by atoms with Gasteiger partial charge in [0.2, 0.25) is 5.91 Å². The van der Waals surface area contributed by atoms with Crippen molar-refractivity contribution in [3.8, 4) is 0 Å². The standard InChI is InChI=1S/C12H15BrClNO2/c1-12(2,17-3)7-11(16)15-8-4-5-10(14)9(13)6-8/h4-6H,7H2,1-3H3,(H,15,16). The van der Waals surface area contributed by atoms with Crippen molar-refractivity contribution in [2.45, 2.75) is 25.9 Å². The Labute approximate surface area is 115 Å². The molecule has 0 saturated carbocycles. The molecule has 3 nitrogen and oxygen atoms in total. The number of benzene rings is 1. The first-order valence-electron chi connectivity index (χ1n) is 5.14. The molecule has 0 aliphatic heterocycles. The summed E-state index contributed by atoms with van der Waals surface area (Å²) in [7, 11) is 1.59. The average Bonchev–Trinajstić information content (AvgIpc) is 2.23. The Bertz CT molecular complexity index is 421. The number of amides is 1. The quantitative estimate of drug-likeness (QED) is 0.915. The van der Waals surface area contributed by atoms with Crippen LogP contribution in [0.1, 0.15) is 20.3 Å². The first-order valence-corrected chi connectivity index (χ1v) is 6.31. The highest BCUT2D eigenvalue weighted by atomic mass is 79.9. The van der Waals surface area contributed by atoms with Gasteiger partial charge in [0.1, 0.15) is 0 Å². The van der Waals surface area contributed by atoms with E-state index >= 15 is 0 Å². The fourth-order valence-corrected chi connectivity index (χ4v) is 1.73. The Morgan fingerprint density at radius 3 is 2.71 bits per heavy atom. The van der Waals surface area contributed by atoms with Crippen LogP contribution in [0.15, 0.2) is 22.7 Å². The van der Waals surface area contributed by atoms with Crippen LogP contribution >= 0.6 is 27.5 Å². The van der Waals surface area contributed by atoms with E-state index in [4.69, 9.17) is 16.3 Å². The fourth-order valence-electron chi connectivity index (χ4n) is 1.24. The largest absolute Gasteiger partial charge is 0.378 e. The molecule has 17 heavy (non-hydrogen) atoms. The maximum Gasteiger partial charge on any atom is 0.227 e. The van der Waals surface area contributed by atoms with Crippen LogP contribution in [0, 0.1) is 0 Å². The van der Waals surface area contributed by atoms with E-state index in [1.165, 1.54) is 0 Å². The molecule has 0 saturated heterocycles. The summed E-state index contributed by atoms with van der Waals surface area (Å²) in [6.07, 6.45) is 0.295. The van der Waals surface area contributed by atoms with E-state index in [1.54, 1.807) is 25.3 Å². The van der Waals surface area contributed by atoms with Crippen molar-refractivity contribution in [2.75, 3.05) is 12.4 Å². The van der Waals surface area contributed by atoms with E-state index in [1.807, 2.05) is 13.8 Å². The molecule has 1 aromatic rings. The monoisotopic (exact) mass is 319 g/mol. The lowest BCUT2D eigenvalue weighted by atomic mass is 10.0. The fraction of sp³-hybridized carbons (Fsp3) is 0.417. The number of anilines is 1. The van der Waals surface area contributed by atoms with E-state index in [0.29, 0.717) is 17.1 Å². The number of carbonyl (C=O) groups is 1. The molecule has 94 valence electrons. The van der Waals surface area contributed by atoms with Gasteiger partial charge in [-0.1, -0.05) is 11.6 Å². The summed E-state index contributed by atoms with van der Waals surface area (Å²) >= 11 is 9.17. The van der Waals surface area contributed by atoms with Crippen LogP contribution in [0.3, 0.4) is 0 Å². The van der Waals surface area contributed by atoms with Gasteiger partial charge in [0.25, 0.3) is 0 Å². The zero-order valence-corrected chi connectivity index (χ0v) is 12.4. The third-order valence-corrected chi connectivity index (χ3v) is 3.56. The highest BCUT2D eigenvalue weighted by molar-refractivity contribution is 9.10. The zero-order valence-electron chi connectivity index (χ0n) is 10.0. The lowest BCUT2D eigenvalue weighted by Crippen LogP contribution is -2.29. The molecule has 0 unspecified atom stereocenters. The smallest absolute Gasteiger partial charge is 0.227 e. The van der Waals surface area contributed by atoms with E-state index < -0.39 is 5.60 Å². The maximum absolute atomic E-state index is 11.7. The number of hydrogen-bond donors (Lipinski definition) is 1. The SMILES string of the molecule is COC(C)(C)CC(=O)Nc1ccc(Cl)c(Br)c1. The highest BCUT2D eigenvalue weighted by Gasteiger charge is 2.21. The summed E-state index contributed by atoms with van der Waals surface area (Å²) in [5.41, 5.74) is 0.242. The van der Waals surface area contributed by atoms with Gasteiger partial charge in [-0.15, -0.1) is 0 Å². The number of halogens is 2. The Kier molecular flexibility index (Phi) is 4.98. The number of ether oxygens (including phenoxy) is 1. The second-order valence-corrected chi connectivity index (χ2v) is 5.58. The molecule has 0 radical (unpaired) electrons. The summed E-state index contributed by atoms with van der Waals surface area (Å²) in [6.45, 7) is 3.73. The predicted molar refractivity (Wildman–Crippen MR) is 73.5 cm³/mol. The molecule has 0 aromatic heterocycles. The van der Waals surface area contributed by atoms with E-state index in [0.717, 1.165) is 4.47 Å². The van der Waals surface area contributed by atoms with Crippen molar-refractivity contribution in [3.63, 3.8) is 0 Å². The minimum absolute atomic E-state index is 0.0916. The van der Waals surface area contributed by atoms with Gasteiger partial charge in [0, 0.05) is 17.3 Å². The van der Waals surface area contributed by atoms with Crippen LogP contribution in [0.5, 0.6) is 0 Å². The summed E-state index contributed by atoms with van der Waals surface area (Å²) in [4.78, 5) is 11.7. The Hall–Kier alpha value is -0.580. The summed E-state index contributed by atoms with van der Waals surface area (Å²) in [5, 5.41) is 3.40. The molecule has 0 aliphatic carbocycles. The van der Waals surface area contributed by atoms with Crippen molar-refractivity contribution >= 4 is 39.1 Å². The van der Waals surface area contributed by atoms with Crippen molar-refractivity contribution in [2.24, 2.45) is 0 Å². The molecular weight excluding hydrogens is 305 g/mol. The van der Waals surface area contributed by atoms with E-state index in [9.17, 15) is 4.79 Å². The number of methoxy groups -OCH3 is 1. The molecule has 1 rings (SSSR count). The summed E-state index contributed by atoms with van der Waals surface area (Å²) in [5.74, 6) is -0.0916. The van der Waals surface area contributed by atoms with Gasteiger partial charge < -0.3 is 10.1 Å². The first kappa shape index (κ1) is 14.5. The van der Waals surface area contributed by atoms with Crippen molar-refractivity contribution in [1.82, 2.24) is 0 Å². The lowest BCUT2D eigenvalue weighted by Gasteiger charge is -2.21. The topological polar surface area (TPSA) is 38.3 Å². The molecule has 0 atom stereocenters. The van der Waals surface area contributed by atoms with Crippen LogP contribution in [0.25, 0.3) is 0 Å². The molecule has 0 bridgehead atoms. The molecule has 0 aliphatic rings. The van der Waals surface area contributed by atoms with Gasteiger partial charge in [-0.3, -0.25) is 4.79 Å². The first-order chi connectivity index (χ1) is 7.84. The van der Waals surface area contributed by atoms with Gasteiger partial charge >= 0.3 is 0 Å². The van der Waals surface area contributed by atoms with Gasteiger partial charge in [-0.25, -0.2) is 0 Å². The lowest BCUT2D eigenvalue weighted by molar-refractivity contribution is -0.121. The molecule has 1 aromatic carbocycles. The van der Waals surface area contributed by atoms with Crippen LogP contribution in [-0.2, 0) is 9.53 Å². The minimum atomic E-state index is -0.465. The molecular formula is C12H15BrClNO2.